The third-order valence-corrected chi connectivity index (χ3v) is 9.88. The van der Waals surface area contributed by atoms with Crippen molar-refractivity contribution in [1.82, 2.24) is 10.2 Å². The van der Waals surface area contributed by atoms with E-state index in [0.29, 0.717) is 28.6 Å². The summed E-state index contributed by atoms with van der Waals surface area (Å²) < 4.78 is 38.3. The van der Waals surface area contributed by atoms with Gasteiger partial charge in [-0.1, -0.05) is 40.8 Å². The van der Waals surface area contributed by atoms with Gasteiger partial charge in [-0.25, -0.2) is 17.9 Å². The molecule has 0 radical (unpaired) electrons. The minimum atomic E-state index is -3.85. The van der Waals surface area contributed by atoms with Gasteiger partial charge < -0.3 is 11.1 Å². The van der Waals surface area contributed by atoms with Crippen LogP contribution < -0.4 is 21.1 Å². The Kier molecular flexibility index (Phi) is 8.35. The van der Waals surface area contributed by atoms with Crippen molar-refractivity contribution in [2.45, 2.75) is 34.4 Å². The molecule has 0 bridgehead atoms. The van der Waals surface area contributed by atoms with Gasteiger partial charge in [0.2, 0.25) is 21.1 Å². The number of aromatic nitrogens is 2. The minimum Gasteiger partial charge on any atom is -0.384 e. The summed E-state index contributed by atoms with van der Waals surface area (Å²) in [7, 11) is -3.85. The summed E-state index contributed by atoms with van der Waals surface area (Å²) >= 11 is 8.56. The van der Waals surface area contributed by atoms with Crippen molar-refractivity contribution in [3.05, 3.63) is 81.5 Å². The molecule has 1 unspecified atom stereocenters. The van der Waals surface area contributed by atoms with E-state index in [1.165, 1.54) is 47.4 Å². The molecule has 16 heteroatoms. The number of carbonyl (C=O) groups excluding carboxylic acids is 2. The van der Waals surface area contributed by atoms with Gasteiger partial charge >= 0.3 is 0 Å². The number of hydrogen-bond acceptors (Lipinski definition) is 11. The first-order valence-electron chi connectivity index (χ1n) is 12.3. The van der Waals surface area contributed by atoms with Crippen molar-refractivity contribution in [3.8, 4) is 6.07 Å². The Morgan fingerprint density at radius 1 is 1.24 bits per heavy atom. The predicted molar refractivity (Wildman–Crippen MR) is 156 cm³/mol. The van der Waals surface area contributed by atoms with Crippen LogP contribution in [0.1, 0.15) is 30.7 Å². The average molecular weight is 646 g/mol. The van der Waals surface area contributed by atoms with E-state index >= 15 is 4.39 Å². The molecule has 2 aromatic carbocycles. The van der Waals surface area contributed by atoms with Gasteiger partial charge in [-0.05, 0) is 49.2 Å². The van der Waals surface area contributed by atoms with Crippen LogP contribution in [-0.4, -0.2) is 36.1 Å². The summed E-state index contributed by atoms with van der Waals surface area (Å²) in [5, 5.41) is 26.6. The first-order valence-corrected chi connectivity index (χ1v) is 16.0. The highest BCUT2D eigenvalue weighted by molar-refractivity contribution is 8.01. The van der Waals surface area contributed by atoms with Crippen molar-refractivity contribution < 1.29 is 22.4 Å². The summed E-state index contributed by atoms with van der Waals surface area (Å²) in [4.78, 5) is 27.1. The molecule has 11 nitrogen and oxygen atoms in total. The Balaban J connectivity index is 1.39. The molecule has 1 aromatic heterocycles. The van der Waals surface area contributed by atoms with E-state index in [2.05, 4.69) is 21.6 Å². The van der Waals surface area contributed by atoms with Crippen LogP contribution in [0.3, 0.4) is 0 Å². The fraction of sp³-hybridized carbons (Fsp3) is 0.192. The number of Topliss-reactive ketones (excluding diaryl/α,β-unsaturated/α-hetero) is 1. The Morgan fingerprint density at radius 2 is 1.98 bits per heavy atom. The third kappa shape index (κ3) is 5.76. The monoisotopic (exact) mass is 645 g/mol. The van der Waals surface area contributed by atoms with Gasteiger partial charge in [-0.15, -0.1) is 10.2 Å². The molecule has 0 fully saturated rings. The number of nitriles is 1. The molecule has 0 spiro atoms. The van der Waals surface area contributed by atoms with Crippen LogP contribution in [-0.2, 0) is 19.6 Å². The van der Waals surface area contributed by atoms with Crippen molar-refractivity contribution in [1.29, 1.82) is 5.26 Å². The molecule has 1 atom stereocenters. The summed E-state index contributed by atoms with van der Waals surface area (Å²) in [6.07, 6.45) is 1.18. The van der Waals surface area contributed by atoms with Crippen LogP contribution in [0.15, 0.2) is 74.4 Å². The smallest absolute Gasteiger partial charge is 0.238 e. The average Bonchev–Trinajstić information content (AvgIpc) is 3.40. The van der Waals surface area contributed by atoms with Crippen molar-refractivity contribution >= 4 is 67.2 Å². The molecule has 0 saturated carbocycles. The molecule has 2 aliphatic rings. The Labute approximate surface area is 253 Å². The lowest BCUT2D eigenvalue weighted by atomic mass is 9.75. The molecule has 216 valence electrons. The Morgan fingerprint density at radius 3 is 2.64 bits per heavy atom. The number of nitrogens with two attached hydrogens (primary N) is 2. The van der Waals surface area contributed by atoms with E-state index in [-0.39, 0.29) is 61.4 Å². The number of hydrogen-bond donors (Lipinski definition) is 3. The normalized spacial score (nSPS) is 17.2. The third-order valence-electron chi connectivity index (χ3n) is 6.58. The van der Waals surface area contributed by atoms with Crippen LogP contribution in [0.5, 0.6) is 0 Å². The number of nitrogens with zero attached hydrogens (tertiary/aromatic N) is 4. The topological polar surface area (TPSA) is 185 Å². The highest BCUT2D eigenvalue weighted by atomic mass is 35.5. The number of ketones is 1. The van der Waals surface area contributed by atoms with E-state index < -0.39 is 21.8 Å². The lowest BCUT2D eigenvalue weighted by molar-refractivity contribution is -0.116. The van der Waals surface area contributed by atoms with Crippen LogP contribution in [0.4, 0.5) is 15.2 Å². The molecule has 2 heterocycles. The van der Waals surface area contributed by atoms with Gasteiger partial charge in [0.05, 0.1) is 28.2 Å². The van der Waals surface area contributed by atoms with Crippen LogP contribution in [0.25, 0.3) is 0 Å². The lowest BCUT2D eigenvalue weighted by Gasteiger charge is -2.38. The predicted octanol–water partition coefficient (Wildman–Crippen LogP) is 4.01. The molecule has 3 aromatic rings. The number of benzene rings is 2. The van der Waals surface area contributed by atoms with Crippen molar-refractivity contribution in [2.75, 3.05) is 16.0 Å². The maximum atomic E-state index is 15.0. The summed E-state index contributed by atoms with van der Waals surface area (Å²) in [5.74, 6) is -2.38. The second kappa shape index (κ2) is 11.8. The van der Waals surface area contributed by atoms with Gasteiger partial charge in [0.15, 0.2) is 10.1 Å². The number of carbonyl (C=O) groups is 2. The summed E-state index contributed by atoms with van der Waals surface area (Å²) in [6, 6.07) is 11.6. The first-order chi connectivity index (χ1) is 20.0. The van der Waals surface area contributed by atoms with E-state index in [9.17, 15) is 23.3 Å². The fourth-order valence-electron chi connectivity index (χ4n) is 4.78. The molecule has 42 heavy (non-hydrogen) atoms. The maximum Gasteiger partial charge on any atom is 0.238 e. The lowest BCUT2D eigenvalue weighted by Crippen LogP contribution is -2.39. The van der Waals surface area contributed by atoms with E-state index in [4.69, 9.17) is 22.5 Å². The van der Waals surface area contributed by atoms with Crippen LogP contribution in [0, 0.1) is 17.1 Å². The zero-order valence-electron chi connectivity index (χ0n) is 21.5. The molecule has 0 saturated heterocycles. The molecule has 1 aliphatic heterocycles. The highest BCUT2D eigenvalue weighted by Gasteiger charge is 2.43. The van der Waals surface area contributed by atoms with E-state index in [0.717, 1.165) is 23.1 Å². The van der Waals surface area contributed by atoms with Gasteiger partial charge in [0.25, 0.3) is 0 Å². The standard InChI is InChI=1S/C26H21ClFN7O4S3/c27-16-3-1-4-17(28)22(16)21-15(11-29)24(30)35(18-5-2-6-19(36)23(18)21)25-33-34-26(41-25)40-12-20(37)32-13-7-9-14(10-8-13)42(31,38)39/h1,3-4,7-10,21H,2,5-6,12,30H2,(H,32,37)(H2,31,38,39). The van der Waals surface area contributed by atoms with Crippen LogP contribution >= 0.6 is 34.7 Å². The zero-order chi connectivity index (χ0) is 30.2. The Bertz CT molecular complexity index is 1800. The van der Waals surface area contributed by atoms with Crippen molar-refractivity contribution in [2.24, 2.45) is 10.9 Å². The number of nitrogens with one attached hydrogen (secondary N) is 1. The van der Waals surface area contributed by atoms with Gasteiger partial charge in [-0.3, -0.25) is 14.5 Å². The number of rotatable bonds is 7. The zero-order valence-corrected chi connectivity index (χ0v) is 24.7. The van der Waals surface area contributed by atoms with Crippen molar-refractivity contribution in [3.63, 3.8) is 0 Å². The Hall–Kier alpha value is -3.81. The number of thioether (sulfide) groups is 1. The SMILES string of the molecule is N#CC1=C(N)N(c2nnc(SCC(=O)Nc3ccc(S(N)(=O)=O)cc3)s2)C2=C(C(=O)CCC2)C1c1c(F)cccc1Cl. The molecule has 1 aliphatic carbocycles. The number of halogens is 2. The van der Waals surface area contributed by atoms with E-state index in [1.807, 2.05) is 0 Å². The minimum absolute atomic E-state index is 0.0105. The number of primary sulfonamides is 1. The van der Waals surface area contributed by atoms with E-state index in [1.54, 1.807) is 0 Å². The number of amides is 1. The van der Waals surface area contributed by atoms with Gasteiger partial charge in [-0.2, -0.15) is 5.26 Å². The molecular formula is C26H21ClFN7O4S3. The molecule has 5 rings (SSSR count). The van der Waals surface area contributed by atoms with Gasteiger partial charge in [0.1, 0.15) is 11.6 Å². The van der Waals surface area contributed by atoms with Crippen LogP contribution in [0.2, 0.25) is 5.02 Å². The number of allylic oxidation sites excluding steroid dienone is 3. The number of anilines is 2. The quantitative estimate of drug-likeness (QED) is 0.317. The first kappa shape index (κ1) is 29.7. The fourth-order valence-corrected chi connectivity index (χ4v) is 7.25. The number of sulfonamides is 1. The maximum absolute atomic E-state index is 15.0. The summed E-state index contributed by atoms with van der Waals surface area (Å²) in [5.41, 5.74) is 7.60. The van der Waals surface area contributed by atoms with Gasteiger partial charge in [0, 0.05) is 34.0 Å². The largest absolute Gasteiger partial charge is 0.384 e. The molecule has 5 N–H and O–H groups in total. The second-order valence-electron chi connectivity index (χ2n) is 9.21. The molecular weight excluding hydrogens is 625 g/mol. The molecule has 1 amide bonds. The summed E-state index contributed by atoms with van der Waals surface area (Å²) in [6.45, 7) is 0. The highest BCUT2D eigenvalue weighted by Crippen LogP contribution is 2.48. The second-order valence-corrected chi connectivity index (χ2v) is 13.4.